The van der Waals surface area contributed by atoms with Gasteiger partial charge in [0.05, 0.1) is 37.5 Å². The van der Waals surface area contributed by atoms with E-state index in [1.807, 2.05) is 60.9 Å². The van der Waals surface area contributed by atoms with E-state index in [9.17, 15) is 0 Å². The topological polar surface area (TPSA) is 62.7 Å². The minimum absolute atomic E-state index is 0.809. The first kappa shape index (κ1) is 29.2. The second kappa shape index (κ2) is 13.2. The normalized spacial score (nSPS) is 11.5. The van der Waals surface area contributed by atoms with Crippen LogP contribution in [0.15, 0.2) is 109 Å². The third-order valence-corrected chi connectivity index (χ3v) is 9.37. The van der Waals surface area contributed by atoms with E-state index >= 15 is 0 Å². The van der Waals surface area contributed by atoms with Crippen molar-refractivity contribution in [1.29, 1.82) is 0 Å². The van der Waals surface area contributed by atoms with E-state index in [-0.39, 0.29) is 0 Å². The van der Waals surface area contributed by atoms with E-state index in [0.29, 0.717) is 0 Å². The monoisotopic (exact) mass is 618 g/mol. The zero-order valence-corrected chi connectivity index (χ0v) is 26.4. The van der Waals surface area contributed by atoms with Crippen molar-refractivity contribution in [2.24, 2.45) is 0 Å². The lowest BCUT2D eigenvalue weighted by molar-refractivity contribution is 0.414. The smallest absolute Gasteiger partial charge is 0.152 e. The van der Waals surface area contributed by atoms with Crippen molar-refractivity contribution in [3.8, 4) is 23.0 Å². The summed E-state index contributed by atoms with van der Waals surface area (Å²) in [7, 11) is 6.69. The minimum atomic E-state index is 0.809. The lowest BCUT2D eigenvalue weighted by Gasteiger charge is -2.09. The van der Waals surface area contributed by atoms with Gasteiger partial charge in [-0.3, -0.25) is 0 Å². The van der Waals surface area contributed by atoms with Gasteiger partial charge in [-0.15, -0.1) is 22.7 Å². The number of ether oxygens (including phenoxy) is 4. The van der Waals surface area contributed by atoms with E-state index in [0.717, 1.165) is 74.8 Å². The molecule has 220 valence electrons. The van der Waals surface area contributed by atoms with Crippen molar-refractivity contribution in [2.75, 3.05) is 28.4 Å². The molecular formula is C36H30N2O4S2. The van der Waals surface area contributed by atoms with Gasteiger partial charge in [-0.2, -0.15) is 0 Å². The Morgan fingerprint density at radius 2 is 0.659 bits per heavy atom. The Morgan fingerprint density at radius 1 is 0.409 bits per heavy atom. The van der Waals surface area contributed by atoms with Gasteiger partial charge in [0.2, 0.25) is 0 Å². The molecule has 6 rings (SSSR count). The van der Waals surface area contributed by atoms with Gasteiger partial charge >= 0.3 is 0 Å². The van der Waals surface area contributed by atoms with Gasteiger partial charge in [-0.1, -0.05) is 48.5 Å². The summed E-state index contributed by atoms with van der Waals surface area (Å²) in [6.45, 7) is 0. The van der Waals surface area contributed by atoms with E-state index in [4.69, 9.17) is 28.9 Å². The maximum Gasteiger partial charge on any atom is 0.152 e. The van der Waals surface area contributed by atoms with Crippen LogP contribution in [0.1, 0.15) is 22.3 Å². The molecule has 6 nitrogen and oxygen atoms in total. The lowest BCUT2D eigenvalue weighted by atomic mass is 9.98. The third kappa shape index (κ3) is 6.08. The average molecular weight is 619 g/mol. The molecule has 0 aliphatic rings. The molecule has 8 heteroatoms. The molecule has 6 aromatic rings. The quantitative estimate of drug-likeness (QED) is 0.196. The van der Waals surface area contributed by atoms with Crippen LogP contribution in [0.3, 0.4) is 0 Å². The number of benzene rings is 4. The molecule has 0 fully saturated rings. The number of nitrogens with zero attached hydrogens (tertiary/aromatic N) is 2. The van der Waals surface area contributed by atoms with Crippen LogP contribution < -0.4 is 28.0 Å². The molecule has 4 aromatic carbocycles. The highest BCUT2D eigenvalue weighted by Gasteiger charge is 2.12. The van der Waals surface area contributed by atoms with Gasteiger partial charge in [-0.25, -0.2) is 9.97 Å². The van der Waals surface area contributed by atoms with Crippen LogP contribution in [0.4, 0.5) is 0 Å². The highest BCUT2D eigenvalue weighted by atomic mass is 32.1. The zero-order chi connectivity index (χ0) is 30.5. The van der Waals surface area contributed by atoms with Crippen molar-refractivity contribution in [3.05, 3.63) is 150 Å². The molecule has 0 aliphatic carbocycles. The molecule has 0 amide bonds. The number of methoxy groups -OCH3 is 4. The van der Waals surface area contributed by atoms with Gasteiger partial charge < -0.3 is 18.9 Å². The fourth-order valence-electron chi connectivity index (χ4n) is 4.91. The Bertz CT molecular complexity index is 1830. The molecule has 0 spiro atoms. The van der Waals surface area contributed by atoms with Crippen LogP contribution in [-0.2, 0) is 0 Å². The summed E-state index contributed by atoms with van der Waals surface area (Å²) in [5, 5.41) is 0. The summed E-state index contributed by atoms with van der Waals surface area (Å²) >= 11 is 3.25. The Labute approximate surface area is 263 Å². The first-order chi connectivity index (χ1) is 21.6. The van der Waals surface area contributed by atoms with Gasteiger partial charge in [0.1, 0.15) is 23.0 Å². The van der Waals surface area contributed by atoms with E-state index in [1.165, 1.54) is 0 Å². The van der Waals surface area contributed by atoms with Crippen LogP contribution in [0, 0.1) is 9.33 Å². The van der Waals surface area contributed by atoms with E-state index in [1.54, 1.807) is 51.1 Å². The summed E-state index contributed by atoms with van der Waals surface area (Å²) in [4.78, 5) is 9.69. The van der Waals surface area contributed by atoms with Crippen LogP contribution >= 0.6 is 22.7 Å². The molecule has 2 aromatic heterocycles. The first-order valence-electron chi connectivity index (χ1n) is 13.8. The van der Waals surface area contributed by atoms with Crippen LogP contribution in [-0.4, -0.2) is 38.4 Å². The second-order valence-corrected chi connectivity index (χ2v) is 11.8. The highest BCUT2D eigenvalue weighted by molar-refractivity contribution is 7.11. The number of hydrogen-bond donors (Lipinski definition) is 0. The molecule has 0 saturated heterocycles. The number of hydrogen-bond acceptors (Lipinski definition) is 8. The fourth-order valence-corrected chi connectivity index (χ4v) is 6.95. The van der Waals surface area contributed by atoms with Crippen molar-refractivity contribution in [2.45, 2.75) is 0 Å². The Kier molecular flexibility index (Phi) is 8.72. The summed E-state index contributed by atoms with van der Waals surface area (Å²) in [5.74, 6) is 3.24. The van der Waals surface area contributed by atoms with Crippen LogP contribution in [0.5, 0.6) is 23.0 Å². The molecule has 0 unspecified atom stereocenters. The largest absolute Gasteiger partial charge is 0.497 e. The molecule has 2 heterocycles. The van der Waals surface area contributed by atoms with E-state index in [2.05, 4.69) is 48.5 Å². The van der Waals surface area contributed by atoms with Crippen molar-refractivity contribution >= 4 is 33.8 Å². The van der Waals surface area contributed by atoms with Crippen molar-refractivity contribution < 1.29 is 18.9 Å². The summed E-state index contributed by atoms with van der Waals surface area (Å²) < 4.78 is 25.4. The molecule has 0 atom stereocenters. The summed E-state index contributed by atoms with van der Waals surface area (Å²) in [6.07, 6.45) is 3.87. The Balaban J connectivity index is 1.56. The number of rotatable bonds is 8. The summed E-state index contributed by atoms with van der Waals surface area (Å²) in [6, 6.07) is 32.4. The number of thiazole rings is 2. The van der Waals surface area contributed by atoms with Crippen LogP contribution in [0.2, 0.25) is 0 Å². The predicted octanol–water partition coefficient (Wildman–Crippen LogP) is 6.42. The van der Waals surface area contributed by atoms with Crippen LogP contribution in [0.25, 0.3) is 11.1 Å². The van der Waals surface area contributed by atoms with Crippen molar-refractivity contribution in [3.63, 3.8) is 0 Å². The molecule has 44 heavy (non-hydrogen) atoms. The Morgan fingerprint density at radius 3 is 0.886 bits per heavy atom. The lowest BCUT2D eigenvalue weighted by Crippen LogP contribution is -2.03. The summed E-state index contributed by atoms with van der Waals surface area (Å²) in [5.41, 5.74) is 6.45. The molecule has 0 aliphatic heterocycles. The minimum Gasteiger partial charge on any atom is -0.497 e. The second-order valence-electron chi connectivity index (χ2n) is 9.72. The van der Waals surface area contributed by atoms with Gasteiger partial charge in [-0.05, 0) is 70.8 Å². The highest BCUT2D eigenvalue weighted by Crippen LogP contribution is 2.27. The molecule has 0 bridgehead atoms. The van der Waals surface area contributed by atoms with Gasteiger partial charge in [0, 0.05) is 23.5 Å². The maximum atomic E-state index is 5.40. The maximum absolute atomic E-state index is 5.40. The van der Waals surface area contributed by atoms with Gasteiger partial charge in [0.15, 0.2) is 9.33 Å². The first-order valence-corrected chi connectivity index (χ1v) is 15.5. The fraction of sp³-hybridized carbons (Fsp3) is 0.111. The Hall–Kier alpha value is -4.92. The molecule has 0 saturated carbocycles. The predicted molar refractivity (Wildman–Crippen MR) is 176 cm³/mol. The molecular weight excluding hydrogens is 589 g/mol. The third-order valence-electron chi connectivity index (χ3n) is 7.20. The average Bonchev–Trinajstić information content (AvgIpc) is 3.77. The number of aromatic nitrogens is 2. The van der Waals surface area contributed by atoms with E-state index < -0.39 is 0 Å². The standard InChI is InChI=1S/C36H30N2O4S2/c1-39-27-13-5-23(6-14-27)33(24-7-15-28(40-2)16-8-24)31-21-37-35(43-31)36-38-22-32(44-36)34(25-9-17-29(41-3)18-10-25)26-11-19-30(42-4)20-12-26/h5-22H,1-4H3/b36-35-. The molecule has 0 radical (unpaired) electrons. The SMILES string of the molecule is COc1ccc(C(c2ccc(OC)cc2)=c2cn/c(=c3\ncc(=C(c4ccc(OC)cc4)c4ccc(OC)cc4)s3)s2)cc1. The van der Waals surface area contributed by atoms with Gasteiger partial charge in [0.25, 0.3) is 0 Å². The van der Waals surface area contributed by atoms with Crippen molar-refractivity contribution in [1.82, 2.24) is 9.97 Å². The molecule has 0 N–H and O–H groups in total. The zero-order valence-electron chi connectivity index (χ0n) is 24.7.